The van der Waals surface area contributed by atoms with Gasteiger partial charge in [0.25, 0.3) is 0 Å². The Morgan fingerprint density at radius 1 is 1.13 bits per heavy atom. The predicted octanol–water partition coefficient (Wildman–Crippen LogP) is 2.92. The van der Waals surface area contributed by atoms with Gasteiger partial charge in [-0.3, -0.25) is 0 Å². The molecule has 0 radical (unpaired) electrons. The fourth-order valence-electron chi connectivity index (χ4n) is 3.48. The van der Waals surface area contributed by atoms with Crippen LogP contribution in [0.5, 0.6) is 17.2 Å². The van der Waals surface area contributed by atoms with Crippen LogP contribution in [0.3, 0.4) is 0 Å². The highest BCUT2D eigenvalue weighted by Crippen LogP contribution is 2.40. The van der Waals surface area contributed by atoms with Crippen LogP contribution in [0.1, 0.15) is 18.6 Å². The lowest BCUT2D eigenvalue weighted by atomic mass is 10.1. The molecule has 30 heavy (non-hydrogen) atoms. The zero-order valence-corrected chi connectivity index (χ0v) is 18.0. The van der Waals surface area contributed by atoms with Crippen molar-refractivity contribution in [2.75, 3.05) is 39.7 Å². The standard InChI is InChI=1S/C20H26N2O7S/c1-26-17-11-14(12-18(27-2)19(17)28-3)21-20(23)22-8-6-16(7-9-22)30(24,25)13-15-5-4-10-29-15/h4-5,10-12,16H,6-9,13H2,1-3H3,(H,21,23). The van der Waals surface area contributed by atoms with Gasteiger partial charge in [-0.05, 0) is 25.0 Å². The molecule has 2 amide bonds. The minimum atomic E-state index is -3.34. The van der Waals surface area contributed by atoms with Gasteiger partial charge in [0.05, 0.1) is 38.5 Å². The Labute approximate surface area is 175 Å². The molecule has 0 unspecified atom stereocenters. The van der Waals surface area contributed by atoms with Gasteiger partial charge >= 0.3 is 6.03 Å². The van der Waals surface area contributed by atoms with Crippen LogP contribution >= 0.6 is 0 Å². The average molecular weight is 439 g/mol. The van der Waals surface area contributed by atoms with Crippen molar-refractivity contribution in [3.63, 3.8) is 0 Å². The average Bonchev–Trinajstić information content (AvgIpc) is 3.25. The van der Waals surface area contributed by atoms with Crippen LogP contribution in [0, 0.1) is 0 Å². The number of methoxy groups -OCH3 is 3. The van der Waals surface area contributed by atoms with E-state index in [-0.39, 0.29) is 11.8 Å². The van der Waals surface area contributed by atoms with Gasteiger partial charge in [0.2, 0.25) is 5.75 Å². The first-order valence-corrected chi connectivity index (χ1v) is 11.2. The number of benzene rings is 1. The van der Waals surface area contributed by atoms with Crippen LogP contribution in [-0.2, 0) is 15.6 Å². The Balaban J connectivity index is 1.62. The zero-order chi connectivity index (χ0) is 21.7. The monoisotopic (exact) mass is 438 g/mol. The number of carbonyl (C=O) groups is 1. The number of ether oxygens (including phenoxy) is 3. The molecular weight excluding hydrogens is 412 g/mol. The van der Waals surface area contributed by atoms with Crippen molar-refractivity contribution in [1.82, 2.24) is 4.90 Å². The molecule has 1 aliphatic heterocycles. The van der Waals surface area contributed by atoms with Crippen molar-refractivity contribution in [3.05, 3.63) is 36.3 Å². The third-order valence-electron chi connectivity index (χ3n) is 5.08. The number of nitrogens with zero attached hydrogens (tertiary/aromatic N) is 1. The van der Waals surface area contributed by atoms with Crippen molar-refractivity contribution in [3.8, 4) is 17.2 Å². The zero-order valence-electron chi connectivity index (χ0n) is 17.2. The summed E-state index contributed by atoms with van der Waals surface area (Å²) in [4.78, 5) is 14.3. The SMILES string of the molecule is COc1cc(NC(=O)N2CCC(S(=O)(=O)Cc3ccco3)CC2)cc(OC)c1OC. The number of likely N-dealkylation sites (tertiary alicyclic amines) is 1. The largest absolute Gasteiger partial charge is 0.493 e. The topological polar surface area (TPSA) is 107 Å². The maximum atomic E-state index is 12.7. The summed E-state index contributed by atoms with van der Waals surface area (Å²) in [7, 11) is 1.16. The number of sulfone groups is 1. The second-order valence-corrected chi connectivity index (χ2v) is 9.20. The van der Waals surface area contributed by atoms with Crippen LogP contribution in [0.25, 0.3) is 0 Å². The smallest absolute Gasteiger partial charge is 0.321 e. The molecule has 0 atom stereocenters. The second kappa shape index (κ2) is 9.29. The highest BCUT2D eigenvalue weighted by Gasteiger charge is 2.32. The van der Waals surface area contributed by atoms with E-state index in [1.165, 1.54) is 27.6 Å². The van der Waals surface area contributed by atoms with E-state index in [2.05, 4.69) is 5.32 Å². The highest BCUT2D eigenvalue weighted by molar-refractivity contribution is 7.91. The van der Waals surface area contributed by atoms with Crippen LogP contribution in [0.4, 0.5) is 10.5 Å². The number of anilines is 1. The molecule has 1 aliphatic rings. The molecule has 0 aliphatic carbocycles. The molecule has 1 fully saturated rings. The Morgan fingerprint density at radius 2 is 1.77 bits per heavy atom. The lowest BCUT2D eigenvalue weighted by Gasteiger charge is -2.31. The molecule has 0 spiro atoms. The minimum Gasteiger partial charge on any atom is -0.493 e. The van der Waals surface area contributed by atoms with Crippen molar-refractivity contribution in [2.24, 2.45) is 0 Å². The van der Waals surface area contributed by atoms with Gasteiger partial charge in [0, 0.05) is 25.2 Å². The van der Waals surface area contributed by atoms with Crippen molar-refractivity contribution < 1.29 is 31.8 Å². The summed E-state index contributed by atoms with van der Waals surface area (Å²) < 4.78 is 46.2. The molecule has 3 rings (SSSR count). The molecule has 2 aromatic rings. The molecule has 1 N–H and O–H groups in total. The number of furan rings is 1. The van der Waals surface area contributed by atoms with Crippen LogP contribution in [-0.4, -0.2) is 59.0 Å². The normalized spacial score (nSPS) is 15.0. The summed E-state index contributed by atoms with van der Waals surface area (Å²) in [6.45, 7) is 0.691. The van der Waals surface area contributed by atoms with E-state index in [0.29, 0.717) is 54.6 Å². The molecule has 2 heterocycles. The number of piperidine rings is 1. The Hall–Kier alpha value is -2.88. The van der Waals surface area contributed by atoms with Crippen LogP contribution in [0.2, 0.25) is 0 Å². The summed E-state index contributed by atoms with van der Waals surface area (Å²) in [5, 5.41) is 2.32. The van der Waals surface area contributed by atoms with Gasteiger partial charge < -0.3 is 28.8 Å². The fourth-order valence-corrected chi connectivity index (χ4v) is 5.21. The van der Waals surface area contributed by atoms with E-state index in [0.717, 1.165) is 0 Å². The number of hydrogen-bond donors (Lipinski definition) is 1. The molecule has 1 aromatic heterocycles. The maximum absolute atomic E-state index is 12.7. The summed E-state index contributed by atoms with van der Waals surface area (Å²) in [6, 6.07) is 6.28. The van der Waals surface area contributed by atoms with E-state index < -0.39 is 15.1 Å². The third kappa shape index (κ3) is 4.81. The molecule has 10 heteroatoms. The minimum absolute atomic E-state index is 0.123. The number of urea groups is 1. The molecule has 9 nitrogen and oxygen atoms in total. The lowest BCUT2D eigenvalue weighted by molar-refractivity contribution is 0.200. The van der Waals surface area contributed by atoms with E-state index in [9.17, 15) is 13.2 Å². The van der Waals surface area contributed by atoms with E-state index in [1.807, 2.05) is 0 Å². The van der Waals surface area contributed by atoms with Gasteiger partial charge in [-0.2, -0.15) is 0 Å². The number of nitrogens with one attached hydrogen (secondary N) is 1. The van der Waals surface area contributed by atoms with E-state index in [1.54, 1.807) is 29.2 Å². The number of rotatable bonds is 7. The Morgan fingerprint density at radius 3 is 2.27 bits per heavy atom. The highest BCUT2D eigenvalue weighted by atomic mass is 32.2. The summed E-state index contributed by atoms with van der Waals surface area (Å²) in [6.07, 6.45) is 2.22. The van der Waals surface area contributed by atoms with Gasteiger partial charge in [-0.15, -0.1) is 0 Å². The summed E-state index contributed by atoms with van der Waals surface area (Å²) in [5.74, 6) is 1.59. The number of amides is 2. The lowest BCUT2D eigenvalue weighted by Crippen LogP contribution is -2.44. The molecular formula is C20H26N2O7S. The molecule has 1 aromatic carbocycles. The third-order valence-corrected chi connectivity index (χ3v) is 7.25. The van der Waals surface area contributed by atoms with E-state index in [4.69, 9.17) is 18.6 Å². The second-order valence-electron chi connectivity index (χ2n) is 6.92. The van der Waals surface area contributed by atoms with E-state index >= 15 is 0 Å². The Kier molecular flexibility index (Phi) is 6.76. The molecule has 0 saturated carbocycles. The van der Waals surface area contributed by atoms with Crippen molar-refractivity contribution in [1.29, 1.82) is 0 Å². The number of carbonyl (C=O) groups excluding carboxylic acids is 1. The first-order chi connectivity index (χ1) is 14.4. The fraction of sp³-hybridized carbons (Fsp3) is 0.450. The summed E-state index contributed by atoms with van der Waals surface area (Å²) in [5.41, 5.74) is 0.488. The Bertz CT molecular complexity index is 940. The van der Waals surface area contributed by atoms with Crippen LogP contribution in [0.15, 0.2) is 34.9 Å². The van der Waals surface area contributed by atoms with Crippen molar-refractivity contribution in [2.45, 2.75) is 23.8 Å². The first-order valence-electron chi connectivity index (χ1n) is 9.47. The van der Waals surface area contributed by atoms with Gasteiger partial charge in [-0.25, -0.2) is 13.2 Å². The first kappa shape index (κ1) is 21.8. The van der Waals surface area contributed by atoms with Crippen molar-refractivity contribution >= 4 is 21.6 Å². The maximum Gasteiger partial charge on any atom is 0.321 e. The van der Waals surface area contributed by atoms with Gasteiger partial charge in [-0.1, -0.05) is 0 Å². The molecule has 1 saturated heterocycles. The number of hydrogen-bond acceptors (Lipinski definition) is 7. The molecule has 164 valence electrons. The predicted molar refractivity (Wildman–Crippen MR) is 111 cm³/mol. The summed E-state index contributed by atoms with van der Waals surface area (Å²) >= 11 is 0. The molecule has 0 bridgehead atoms. The van der Waals surface area contributed by atoms with Gasteiger partial charge in [0.15, 0.2) is 21.3 Å². The quantitative estimate of drug-likeness (QED) is 0.708. The van der Waals surface area contributed by atoms with Gasteiger partial charge in [0.1, 0.15) is 11.5 Å². The van der Waals surface area contributed by atoms with Crippen LogP contribution < -0.4 is 19.5 Å².